The third kappa shape index (κ3) is 2.17. The van der Waals surface area contributed by atoms with E-state index in [1.54, 1.807) is 5.56 Å². The predicted octanol–water partition coefficient (Wildman–Crippen LogP) is 4.60. The Morgan fingerprint density at radius 1 is 1.00 bits per heavy atom. The van der Waals surface area contributed by atoms with Crippen LogP contribution in [0.15, 0.2) is 18.2 Å². The van der Waals surface area contributed by atoms with Crippen LogP contribution in [0.3, 0.4) is 0 Å². The first kappa shape index (κ1) is 11.3. The van der Waals surface area contributed by atoms with Crippen molar-refractivity contribution in [2.45, 2.75) is 52.9 Å². The molecule has 0 heteroatoms. The SMILES string of the molecule is CC.Cc1cccc(C)c1C1CCC1. The topological polar surface area (TPSA) is 0 Å². The van der Waals surface area contributed by atoms with Crippen molar-refractivity contribution in [3.8, 4) is 0 Å². The Morgan fingerprint density at radius 2 is 1.50 bits per heavy atom. The monoisotopic (exact) mass is 190 g/mol. The van der Waals surface area contributed by atoms with Crippen molar-refractivity contribution in [2.75, 3.05) is 0 Å². The zero-order valence-electron chi connectivity index (χ0n) is 9.93. The van der Waals surface area contributed by atoms with Crippen LogP contribution in [0.4, 0.5) is 0 Å². The van der Waals surface area contributed by atoms with Crippen molar-refractivity contribution < 1.29 is 0 Å². The summed E-state index contributed by atoms with van der Waals surface area (Å²) >= 11 is 0. The quantitative estimate of drug-likeness (QED) is 0.607. The molecule has 0 bridgehead atoms. The fourth-order valence-electron chi connectivity index (χ4n) is 2.17. The van der Waals surface area contributed by atoms with Gasteiger partial charge in [0.25, 0.3) is 0 Å². The van der Waals surface area contributed by atoms with Gasteiger partial charge in [0.05, 0.1) is 0 Å². The minimum atomic E-state index is 0.881. The predicted molar refractivity (Wildman–Crippen MR) is 63.9 cm³/mol. The Bertz CT molecular complexity index is 262. The summed E-state index contributed by atoms with van der Waals surface area (Å²) < 4.78 is 0. The number of hydrogen-bond donors (Lipinski definition) is 0. The van der Waals surface area contributed by atoms with Gasteiger partial charge in [0, 0.05) is 0 Å². The second kappa shape index (κ2) is 5.19. The summed E-state index contributed by atoms with van der Waals surface area (Å²) in [7, 11) is 0. The van der Waals surface area contributed by atoms with E-state index in [9.17, 15) is 0 Å². The van der Waals surface area contributed by atoms with Gasteiger partial charge in [-0.25, -0.2) is 0 Å². The van der Waals surface area contributed by atoms with Crippen molar-refractivity contribution in [3.63, 3.8) is 0 Å². The Morgan fingerprint density at radius 3 is 1.86 bits per heavy atom. The van der Waals surface area contributed by atoms with Crippen LogP contribution in [0.1, 0.15) is 55.7 Å². The summed E-state index contributed by atoms with van der Waals surface area (Å²) in [6, 6.07) is 6.63. The van der Waals surface area contributed by atoms with Crippen molar-refractivity contribution in [1.29, 1.82) is 0 Å². The zero-order valence-corrected chi connectivity index (χ0v) is 9.93. The highest BCUT2D eigenvalue weighted by molar-refractivity contribution is 5.37. The Kier molecular flexibility index (Phi) is 4.19. The first-order valence-electron chi connectivity index (χ1n) is 5.85. The molecule has 1 aromatic carbocycles. The molecular formula is C14H22. The number of rotatable bonds is 1. The average Bonchev–Trinajstić information content (AvgIpc) is 2.12. The smallest absolute Gasteiger partial charge is 0.0157 e. The average molecular weight is 190 g/mol. The second-order valence-corrected chi connectivity index (χ2v) is 3.93. The van der Waals surface area contributed by atoms with E-state index in [0.29, 0.717) is 0 Å². The zero-order chi connectivity index (χ0) is 10.6. The second-order valence-electron chi connectivity index (χ2n) is 3.93. The Balaban J connectivity index is 0.000000461. The van der Waals surface area contributed by atoms with E-state index >= 15 is 0 Å². The molecule has 0 unspecified atom stereocenters. The van der Waals surface area contributed by atoms with Gasteiger partial charge in [0.1, 0.15) is 0 Å². The van der Waals surface area contributed by atoms with E-state index in [1.807, 2.05) is 13.8 Å². The van der Waals surface area contributed by atoms with Gasteiger partial charge in [0.15, 0.2) is 0 Å². The standard InChI is InChI=1S/C12H16.C2H6/c1-9-5-3-6-10(2)12(9)11-7-4-8-11;1-2/h3,5-6,11H,4,7-8H2,1-2H3;1-2H3. The highest BCUT2D eigenvalue weighted by Crippen LogP contribution is 2.39. The van der Waals surface area contributed by atoms with Crippen LogP contribution in [0, 0.1) is 13.8 Å². The molecule has 78 valence electrons. The molecule has 0 nitrogen and oxygen atoms in total. The van der Waals surface area contributed by atoms with Crippen LogP contribution in [0.2, 0.25) is 0 Å². The molecule has 0 N–H and O–H groups in total. The summed E-state index contributed by atoms with van der Waals surface area (Å²) in [6.07, 6.45) is 4.25. The summed E-state index contributed by atoms with van der Waals surface area (Å²) in [6.45, 7) is 8.47. The van der Waals surface area contributed by atoms with Crippen molar-refractivity contribution in [1.82, 2.24) is 0 Å². The lowest BCUT2D eigenvalue weighted by Crippen LogP contribution is -2.11. The summed E-state index contributed by atoms with van der Waals surface area (Å²) in [5.41, 5.74) is 4.60. The van der Waals surface area contributed by atoms with E-state index in [4.69, 9.17) is 0 Å². The van der Waals surface area contributed by atoms with Gasteiger partial charge < -0.3 is 0 Å². The molecule has 1 aromatic rings. The lowest BCUT2D eigenvalue weighted by Gasteiger charge is -2.28. The third-order valence-electron chi connectivity index (χ3n) is 3.06. The van der Waals surface area contributed by atoms with Gasteiger partial charge in [-0.1, -0.05) is 38.5 Å². The van der Waals surface area contributed by atoms with Crippen molar-refractivity contribution in [3.05, 3.63) is 34.9 Å². The van der Waals surface area contributed by atoms with E-state index in [0.717, 1.165) is 5.92 Å². The van der Waals surface area contributed by atoms with E-state index in [1.165, 1.54) is 30.4 Å². The van der Waals surface area contributed by atoms with Crippen LogP contribution in [0.5, 0.6) is 0 Å². The van der Waals surface area contributed by atoms with E-state index in [-0.39, 0.29) is 0 Å². The van der Waals surface area contributed by atoms with Gasteiger partial charge in [-0.2, -0.15) is 0 Å². The van der Waals surface area contributed by atoms with Crippen LogP contribution in [0.25, 0.3) is 0 Å². The third-order valence-corrected chi connectivity index (χ3v) is 3.06. The molecule has 0 saturated heterocycles. The number of benzene rings is 1. The molecule has 0 spiro atoms. The van der Waals surface area contributed by atoms with Crippen LogP contribution in [-0.2, 0) is 0 Å². The minimum absolute atomic E-state index is 0.881. The van der Waals surface area contributed by atoms with E-state index in [2.05, 4.69) is 32.0 Å². The maximum absolute atomic E-state index is 2.24. The lowest BCUT2D eigenvalue weighted by atomic mass is 9.77. The van der Waals surface area contributed by atoms with Crippen molar-refractivity contribution in [2.24, 2.45) is 0 Å². The molecule has 1 aliphatic rings. The molecule has 14 heavy (non-hydrogen) atoms. The Labute approximate surface area is 88.4 Å². The van der Waals surface area contributed by atoms with Gasteiger partial charge in [-0.05, 0) is 49.3 Å². The number of hydrogen-bond acceptors (Lipinski definition) is 0. The summed E-state index contributed by atoms with van der Waals surface area (Å²) in [4.78, 5) is 0. The molecule has 1 fully saturated rings. The fourth-order valence-corrected chi connectivity index (χ4v) is 2.17. The minimum Gasteiger partial charge on any atom is -0.0683 e. The largest absolute Gasteiger partial charge is 0.0683 e. The maximum atomic E-state index is 2.24. The highest BCUT2D eigenvalue weighted by Gasteiger charge is 2.21. The molecule has 0 heterocycles. The molecule has 0 radical (unpaired) electrons. The molecule has 0 aromatic heterocycles. The fraction of sp³-hybridized carbons (Fsp3) is 0.571. The normalized spacial score (nSPS) is 15.4. The van der Waals surface area contributed by atoms with Crippen LogP contribution in [-0.4, -0.2) is 0 Å². The lowest BCUT2D eigenvalue weighted by molar-refractivity contribution is 0.416. The highest BCUT2D eigenvalue weighted by atomic mass is 14.3. The molecule has 2 rings (SSSR count). The molecule has 1 aliphatic carbocycles. The summed E-state index contributed by atoms with van der Waals surface area (Å²) in [5.74, 6) is 0.881. The first-order chi connectivity index (χ1) is 6.79. The first-order valence-corrected chi connectivity index (χ1v) is 5.85. The molecule has 0 aliphatic heterocycles. The Hall–Kier alpha value is -0.780. The van der Waals surface area contributed by atoms with E-state index < -0.39 is 0 Å². The summed E-state index contributed by atoms with van der Waals surface area (Å²) in [5, 5.41) is 0. The van der Waals surface area contributed by atoms with Gasteiger partial charge in [-0.15, -0.1) is 0 Å². The number of aryl methyl sites for hydroxylation is 2. The van der Waals surface area contributed by atoms with Crippen LogP contribution >= 0.6 is 0 Å². The van der Waals surface area contributed by atoms with Gasteiger partial charge in [0.2, 0.25) is 0 Å². The molecular weight excluding hydrogens is 168 g/mol. The van der Waals surface area contributed by atoms with Crippen LogP contribution < -0.4 is 0 Å². The van der Waals surface area contributed by atoms with Crippen molar-refractivity contribution >= 4 is 0 Å². The molecule has 0 amide bonds. The maximum Gasteiger partial charge on any atom is -0.0157 e. The molecule has 0 atom stereocenters. The van der Waals surface area contributed by atoms with Gasteiger partial charge >= 0.3 is 0 Å². The van der Waals surface area contributed by atoms with Gasteiger partial charge in [-0.3, -0.25) is 0 Å². The molecule has 1 saturated carbocycles.